The Morgan fingerprint density at radius 1 is 0.971 bits per heavy atom. The van der Waals surface area contributed by atoms with Gasteiger partial charge in [0, 0.05) is 86.5 Å². The first-order valence-corrected chi connectivity index (χ1v) is 12.3. The highest BCUT2D eigenvalue weighted by molar-refractivity contribution is 5.94. The number of aromatic nitrogens is 4. The second-order valence-electron chi connectivity index (χ2n) is 9.56. The molecule has 0 unspecified atom stereocenters. The van der Waals surface area contributed by atoms with E-state index in [0.29, 0.717) is 17.4 Å². The lowest BCUT2D eigenvalue weighted by Crippen LogP contribution is -2.52. The molecule has 9 heteroatoms. The molecule has 3 aromatic heterocycles. The molecule has 0 atom stereocenters. The predicted octanol–water partition coefficient (Wildman–Crippen LogP) is 3.31. The van der Waals surface area contributed by atoms with E-state index in [0.717, 1.165) is 29.7 Å². The molecule has 2 fully saturated rings. The van der Waals surface area contributed by atoms with Crippen LogP contribution in [0.1, 0.15) is 12.8 Å². The third-order valence-corrected chi connectivity index (χ3v) is 7.53. The van der Waals surface area contributed by atoms with Crippen molar-refractivity contribution in [3.05, 3.63) is 48.5 Å². The van der Waals surface area contributed by atoms with Crippen LogP contribution in [-0.4, -0.2) is 88.8 Å². The highest BCUT2D eigenvalue weighted by Crippen LogP contribution is 2.32. The van der Waals surface area contributed by atoms with Crippen LogP contribution in [0.5, 0.6) is 5.75 Å². The molecule has 6 rings (SSSR count). The van der Waals surface area contributed by atoms with Crippen molar-refractivity contribution in [1.29, 1.82) is 0 Å². The number of hydrogen-bond donors (Lipinski definition) is 0. The maximum atomic E-state index is 14.2. The Morgan fingerprint density at radius 2 is 1.77 bits per heavy atom. The number of piperidine rings is 1. The van der Waals surface area contributed by atoms with Gasteiger partial charge in [-0.3, -0.25) is 14.3 Å². The molecule has 0 saturated carbocycles. The number of likely N-dealkylation sites (N-methyl/N-ethyl adjacent to an activating group) is 1. The average molecular weight is 476 g/mol. The molecule has 0 radical (unpaired) electrons. The lowest BCUT2D eigenvalue weighted by Gasteiger charge is -2.42. The summed E-state index contributed by atoms with van der Waals surface area (Å²) in [4.78, 5) is 11.9. The van der Waals surface area contributed by atoms with Crippen molar-refractivity contribution in [2.75, 3.05) is 58.3 Å². The maximum absolute atomic E-state index is 14.2. The zero-order valence-corrected chi connectivity index (χ0v) is 20.2. The van der Waals surface area contributed by atoms with Crippen molar-refractivity contribution < 1.29 is 9.13 Å². The van der Waals surface area contributed by atoms with E-state index in [2.05, 4.69) is 49.1 Å². The predicted molar refractivity (Wildman–Crippen MR) is 135 cm³/mol. The number of nitrogens with zero attached hydrogens (tertiary/aromatic N) is 7. The average Bonchev–Trinajstić information content (AvgIpc) is 3.31. The minimum Gasteiger partial charge on any atom is -0.494 e. The molecule has 2 aliphatic heterocycles. The summed E-state index contributed by atoms with van der Waals surface area (Å²) in [5, 5.41) is 9.71. The van der Waals surface area contributed by atoms with Crippen molar-refractivity contribution in [3.63, 3.8) is 0 Å². The van der Waals surface area contributed by atoms with Crippen LogP contribution >= 0.6 is 0 Å². The molecule has 0 N–H and O–H groups in total. The van der Waals surface area contributed by atoms with Crippen molar-refractivity contribution in [2.24, 2.45) is 0 Å². The molecule has 2 aliphatic rings. The highest BCUT2D eigenvalue weighted by Gasteiger charge is 2.27. The summed E-state index contributed by atoms with van der Waals surface area (Å²) < 4.78 is 21.4. The van der Waals surface area contributed by atoms with Crippen LogP contribution in [0.4, 0.5) is 10.1 Å². The number of halogens is 1. The van der Waals surface area contributed by atoms with Gasteiger partial charge in [0.1, 0.15) is 0 Å². The molecule has 0 spiro atoms. The Kier molecular flexibility index (Phi) is 5.74. The van der Waals surface area contributed by atoms with Gasteiger partial charge < -0.3 is 14.5 Å². The maximum Gasteiger partial charge on any atom is 0.169 e. The Bertz CT molecular complexity index is 1360. The van der Waals surface area contributed by atoms with Gasteiger partial charge in [0.05, 0.1) is 12.6 Å². The van der Waals surface area contributed by atoms with Gasteiger partial charge in [0.25, 0.3) is 0 Å². The number of benzene rings is 1. The van der Waals surface area contributed by atoms with Crippen LogP contribution in [0.15, 0.2) is 42.7 Å². The standard InChI is InChI=1S/C26H30FN7O/c1-31-11-13-33(14-12-31)18-4-8-32(9-5-18)19-6-10-34-25(15-19)29-30-26(34)20-3-7-28-23-17-22(27)24(35-2)16-21(20)23/h3,6-7,10,15-18H,4-5,8-9,11-14H2,1-2H3. The van der Waals surface area contributed by atoms with Gasteiger partial charge in [-0.2, -0.15) is 0 Å². The summed E-state index contributed by atoms with van der Waals surface area (Å²) in [6.07, 6.45) is 6.07. The minimum absolute atomic E-state index is 0.183. The summed E-state index contributed by atoms with van der Waals surface area (Å²) in [5.41, 5.74) is 3.35. The first-order valence-electron chi connectivity index (χ1n) is 12.3. The van der Waals surface area contributed by atoms with Gasteiger partial charge in [-0.15, -0.1) is 10.2 Å². The Morgan fingerprint density at radius 3 is 2.54 bits per heavy atom. The summed E-state index contributed by atoms with van der Waals surface area (Å²) in [6, 6.07) is 9.88. The van der Waals surface area contributed by atoms with E-state index in [4.69, 9.17) is 4.74 Å². The number of fused-ring (bicyclic) bond motifs is 2. The van der Waals surface area contributed by atoms with Crippen LogP contribution in [0.3, 0.4) is 0 Å². The summed E-state index contributed by atoms with van der Waals surface area (Å²) in [6.45, 7) is 6.79. The van der Waals surface area contributed by atoms with E-state index in [1.165, 1.54) is 57.9 Å². The monoisotopic (exact) mass is 475 g/mol. The SMILES string of the molecule is COc1cc2c(-c3nnc4cc(N5CCC(N6CCN(C)CC6)CC5)ccn34)ccnc2cc1F. The molecule has 2 saturated heterocycles. The fourth-order valence-electron chi connectivity index (χ4n) is 5.44. The quantitative estimate of drug-likeness (QED) is 0.449. The third-order valence-electron chi connectivity index (χ3n) is 7.53. The normalized spacial score (nSPS) is 18.5. The number of methoxy groups -OCH3 is 1. The van der Waals surface area contributed by atoms with E-state index >= 15 is 0 Å². The molecular formula is C26H30FN7O. The molecule has 0 aliphatic carbocycles. The third kappa shape index (κ3) is 4.08. The molecule has 35 heavy (non-hydrogen) atoms. The number of anilines is 1. The lowest BCUT2D eigenvalue weighted by molar-refractivity contribution is 0.0982. The highest BCUT2D eigenvalue weighted by atomic mass is 19.1. The Labute approximate surface area is 203 Å². The zero-order valence-electron chi connectivity index (χ0n) is 20.2. The van der Waals surface area contributed by atoms with Crippen LogP contribution in [-0.2, 0) is 0 Å². The van der Waals surface area contributed by atoms with Crippen molar-refractivity contribution in [3.8, 4) is 17.1 Å². The van der Waals surface area contributed by atoms with Crippen molar-refractivity contribution >= 4 is 22.2 Å². The number of ether oxygens (including phenoxy) is 1. The minimum atomic E-state index is -0.434. The van der Waals surface area contributed by atoms with E-state index in [9.17, 15) is 4.39 Å². The molecule has 182 valence electrons. The van der Waals surface area contributed by atoms with Gasteiger partial charge in [0.15, 0.2) is 23.0 Å². The van der Waals surface area contributed by atoms with Gasteiger partial charge >= 0.3 is 0 Å². The smallest absolute Gasteiger partial charge is 0.169 e. The second-order valence-corrected chi connectivity index (χ2v) is 9.56. The second kappa shape index (κ2) is 9.05. The number of pyridine rings is 2. The van der Waals surface area contributed by atoms with Gasteiger partial charge in [-0.1, -0.05) is 0 Å². The van der Waals surface area contributed by atoms with E-state index in [-0.39, 0.29) is 5.75 Å². The number of hydrogen-bond acceptors (Lipinski definition) is 7. The van der Waals surface area contributed by atoms with E-state index < -0.39 is 5.82 Å². The van der Waals surface area contributed by atoms with Gasteiger partial charge in [-0.05, 0) is 38.1 Å². The van der Waals surface area contributed by atoms with Crippen molar-refractivity contribution in [2.45, 2.75) is 18.9 Å². The number of rotatable bonds is 4. The summed E-state index contributed by atoms with van der Waals surface area (Å²) in [7, 11) is 3.67. The molecule has 1 aromatic carbocycles. The van der Waals surface area contributed by atoms with Crippen LogP contribution in [0, 0.1) is 5.82 Å². The fraction of sp³-hybridized carbons (Fsp3) is 0.423. The lowest BCUT2D eigenvalue weighted by atomic mass is 10.0. The van der Waals surface area contributed by atoms with Crippen LogP contribution in [0.2, 0.25) is 0 Å². The van der Waals surface area contributed by atoms with Gasteiger partial charge in [-0.25, -0.2) is 4.39 Å². The Hall–Kier alpha value is -3.30. The van der Waals surface area contributed by atoms with Crippen molar-refractivity contribution in [1.82, 2.24) is 29.4 Å². The molecule has 4 aromatic rings. The summed E-state index contributed by atoms with van der Waals surface area (Å²) in [5.74, 6) is 0.445. The molecule has 0 amide bonds. The molecular weight excluding hydrogens is 445 g/mol. The van der Waals surface area contributed by atoms with Crippen LogP contribution < -0.4 is 9.64 Å². The Balaban J connectivity index is 1.24. The largest absolute Gasteiger partial charge is 0.494 e. The summed E-state index contributed by atoms with van der Waals surface area (Å²) >= 11 is 0. The van der Waals surface area contributed by atoms with E-state index in [1.54, 1.807) is 12.3 Å². The molecule has 0 bridgehead atoms. The van der Waals surface area contributed by atoms with E-state index in [1.807, 2.05) is 16.7 Å². The number of piperazine rings is 1. The topological polar surface area (TPSA) is 62.0 Å². The first kappa shape index (κ1) is 22.2. The molecule has 5 heterocycles. The van der Waals surface area contributed by atoms with Gasteiger partial charge in [0.2, 0.25) is 0 Å². The first-order chi connectivity index (χ1) is 17.1. The fourth-order valence-corrected chi connectivity index (χ4v) is 5.44. The van der Waals surface area contributed by atoms with Crippen LogP contribution in [0.25, 0.3) is 27.9 Å². The zero-order chi connectivity index (χ0) is 23.9. The molecule has 8 nitrogen and oxygen atoms in total.